The minimum atomic E-state index is 0.449. The molecule has 0 spiro atoms. The van der Waals surface area contributed by atoms with Crippen LogP contribution in [0, 0.1) is 5.41 Å². The van der Waals surface area contributed by atoms with Gasteiger partial charge in [-0.3, -0.25) is 0 Å². The van der Waals surface area contributed by atoms with Crippen LogP contribution in [-0.2, 0) is 4.74 Å². The van der Waals surface area contributed by atoms with Gasteiger partial charge >= 0.3 is 0 Å². The van der Waals surface area contributed by atoms with E-state index in [1.54, 1.807) is 0 Å². The third-order valence-electron chi connectivity index (χ3n) is 3.07. The number of rotatable bonds is 6. The van der Waals surface area contributed by atoms with Gasteiger partial charge in [0.1, 0.15) is 0 Å². The van der Waals surface area contributed by atoms with Gasteiger partial charge in [-0.2, -0.15) is 11.8 Å². The Kier molecular flexibility index (Phi) is 5.54. The molecule has 0 aromatic carbocycles. The molecule has 1 saturated heterocycles. The van der Waals surface area contributed by atoms with Crippen LogP contribution in [0.15, 0.2) is 12.8 Å². The van der Waals surface area contributed by atoms with Crippen molar-refractivity contribution >= 4 is 11.8 Å². The Morgan fingerprint density at radius 2 is 2.40 bits per heavy atom. The molecule has 0 aliphatic carbocycles. The molecule has 1 atom stereocenters. The largest absolute Gasteiger partial charge is 0.502 e. The maximum absolute atomic E-state index is 5.09. The van der Waals surface area contributed by atoms with E-state index >= 15 is 0 Å². The van der Waals surface area contributed by atoms with Crippen LogP contribution in [0.4, 0.5) is 0 Å². The molecule has 1 aliphatic heterocycles. The van der Waals surface area contributed by atoms with E-state index in [-0.39, 0.29) is 0 Å². The molecule has 0 aromatic rings. The fourth-order valence-corrected chi connectivity index (χ4v) is 3.43. The van der Waals surface area contributed by atoms with E-state index in [1.807, 2.05) is 0 Å². The van der Waals surface area contributed by atoms with Crippen molar-refractivity contribution in [2.75, 3.05) is 24.7 Å². The predicted molar refractivity (Wildman–Crippen MR) is 68.3 cm³/mol. The van der Waals surface area contributed by atoms with E-state index in [2.05, 4.69) is 37.5 Å². The number of thioether (sulfide) groups is 1. The summed E-state index contributed by atoms with van der Waals surface area (Å²) in [6.45, 7) is 10.1. The molecule has 0 saturated carbocycles. The highest BCUT2D eigenvalue weighted by Crippen LogP contribution is 2.33. The molecule has 1 aliphatic rings. The number of hydrogen-bond donors (Lipinski definition) is 1. The molecule has 88 valence electrons. The zero-order valence-electron chi connectivity index (χ0n) is 9.92. The summed E-state index contributed by atoms with van der Waals surface area (Å²) in [6, 6.07) is 0.653. The minimum absolute atomic E-state index is 0.449. The van der Waals surface area contributed by atoms with Crippen molar-refractivity contribution in [1.82, 2.24) is 5.32 Å². The summed E-state index contributed by atoms with van der Waals surface area (Å²) in [4.78, 5) is 0. The SMILES string of the molecule is C=COCCCNC1CSCCC1(C)C. The molecule has 15 heavy (non-hydrogen) atoms. The van der Waals surface area contributed by atoms with Crippen LogP contribution in [0.5, 0.6) is 0 Å². The van der Waals surface area contributed by atoms with E-state index < -0.39 is 0 Å². The highest BCUT2D eigenvalue weighted by Gasteiger charge is 2.31. The average Bonchev–Trinajstić information content (AvgIpc) is 2.19. The first-order valence-corrected chi connectivity index (χ1v) is 6.86. The maximum atomic E-state index is 5.09. The first-order valence-electron chi connectivity index (χ1n) is 5.70. The van der Waals surface area contributed by atoms with Gasteiger partial charge in [0, 0.05) is 11.8 Å². The monoisotopic (exact) mass is 229 g/mol. The van der Waals surface area contributed by atoms with Gasteiger partial charge in [0.05, 0.1) is 12.9 Å². The Morgan fingerprint density at radius 1 is 1.60 bits per heavy atom. The fraction of sp³-hybridized carbons (Fsp3) is 0.833. The molecule has 2 nitrogen and oxygen atoms in total. The normalized spacial score (nSPS) is 24.8. The lowest BCUT2D eigenvalue weighted by Gasteiger charge is -2.38. The summed E-state index contributed by atoms with van der Waals surface area (Å²) in [7, 11) is 0. The van der Waals surface area contributed by atoms with Gasteiger partial charge < -0.3 is 10.1 Å². The van der Waals surface area contributed by atoms with Crippen LogP contribution in [-0.4, -0.2) is 30.7 Å². The van der Waals surface area contributed by atoms with Crippen molar-refractivity contribution in [2.45, 2.75) is 32.7 Å². The topological polar surface area (TPSA) is 21.3 Å². The van der Waals surface area contributed by atoms with Gasteiger partial charge in [0.2, 0.25) is 0 Å². The number of ether oxygens (including phenoxy) is 1. The first-order chi connectivity index (χ1) is 7.17. The Hall–Kier alpha value is -0.150. The zero-order valence-corrected chi connectivity index (χ0v) is 10.7. The van der Waals surface area contributed by atoms with E-state index in [0.29, 0.717) is 11.5 Å². The second kappa shape index (κ2) is 6.44. The Labute approximate surface area is 97.8 Å². The molecule has 3 heteroatoms. The highest BCUT2D eigenvalue weighted by atomic mass is 32.2. The van der Waals surface area contributed by atoms with Gasteiger partial charge in [0.25, 0.3) is 0 Å². The highest BCUT2D eigenvalue weighted by molar-refractivity contribution is 7.99. The molecule has 1 heterocycles. The smallest absolute Gasteiger partial charge is 0.0885 e. The predicted octanol–water partition coefficient (Wildman–Crippen LogP) is 2.66. The van der Waals surface area contributed by atoms with Crippen molar-refractivity contribution in [1.29, 1.82) is 0 Å². The van der Waals surface area contributed by atoms with E-state index in [4.69, 9.17) is 4.74 Å². The summed E-state index contributed by atoms with van der Waals surface area (Å²) in [5.41, 5.74) is 0.449. The fourth-order valence-electron chi connectivity index (χ4n) is 1.79. The Balaban J connectivity index is 2.16. The lowest BCUT2D eigenvalue weighted by atomic mass is 9.82. The van der Waals surface area contributed by atoms with Crippen LogP contribution in [0.1, 0.15) is 26.7 Å². The summed E-state index contributed by atoms with van der Waals surface area (Å²) < 4.78 is 5.09. The number of nitrogens with one attached hydrogen (secondary N) is 1. The lowest BCUT2D eigenvalue weighted by molar-refractivity contribution is 0.220. The zero-order chi connectivity index (χ0) is 11.1. The van der Waals surface area contributed by atoms with Gasteiger partial charge in [0.15, 0.2) is 0 Å². The minimum Gasteiger partial charge on any atom is -0.502 e. The van der Waals surface area contributed by atoms with E-state index in [1.165, 1.54) is 24.2 Å². The van der Waals surface area contributed by atoms with Crippen LogP contribution in [0.3, 0.4) is 0 Å². The molecular formula is C12H23NOS. The molecule has 0 radical (unpaired) electrons. The van der Waals surface area contributed by atoms with Crippen LogP contribution in [0.2, 0.25) is 0 Å². The van der Waals surface area contributed by atoms with Gasteiger partial charge in [-0.05, 0) is 30.6 Å². The van der Waals surface area contributed by atoms with Gasteiger partial charge in [-0.25, -0.2) is 0 Å². The quantitative estimate of drug-likeness (QED) is 0.559. The maximum Gasteiger partial charge on any atom is 0.0885 e. The molecule has 1 N–H and O–H groups in total. The van der Waals surface area contributed by atoms with Crippen molar-refractivity contribution in [3.63, 3.8) is 0 Å². The Morgan fingerprint density at radius 3 is 3.07 bits per heavy atom. The summed E-state index contributed by atoms with van der Waals surface area (Å²) in [5, 5.41) is 3.64. The van der Waals surface area contributed by atoms with E-state index in [0.717, 1.165) is 19.6 Å². The molecule has 0 aromatic heterocycles. The first kappa shape index (κ1) is 12.9. The molecule has 0 bridgehead atoms. The van der Waals surface area contributed by atoms with Crippen molar-refractivity contribution in [3.8, 4) is 0 Å². The van der Waals surface area contributed by atoms with Gasteiger partial charge in [-0.1, -0.05) is 20.4 Å². The third-order valence-corrected chi connectivity index (χ3v) is 4.13. The summed E-state index contributed by atoms with van der Waals surface area (Å²) >= 11 is 2.06. The Bertz CT molecular complexity index is 194. The number of hydrogen-bond acceptors (Lipinski definition) is 3. The van der Waals surface area contributed by atoms with Crippen molar-refractivity contribution in [2.24, 2.45) is 5.41 Å². The lowest BCUT2D eigenvalue weighted by Crippen LogP contribution is -2.47. The van der Waals surface area contributed by atoms with Crippen molar-refractivity contribution < 1.29 is 4.74 Å². The molecular weight excluding hydrogens is 206 g/mol. The average molecular weight is 229 g/mol. The van der Waals surface area contributed by atoms with Crippen LogP contribution >= 0.6 is 11.8 Å². The molecule has 1 fully saturated rings. The summed E-state index contributed by atoms with van der Waals surface area (Å²) in [5.74, 6) is 2.56. The standard InChI is InChI=1S/C12H23NOS/c1-4-14-8-5-7-13-11-10-15-9-6-12(11,2)3/h4,11,13H,1,5-10H2,2-3H3. The van der Waals surface area contributed by atoms with Crippen molar-refractivity contribution in [3.05, 3.63) is 12.8 Å². The second-order valence-corrected chi connectivity index (χ2v) is 5.86. The third kappa shape index (κ3) is 4.47. The molecule has 1 rings (SSSR count). The second-order valence-electron chi connectivity index (χ2n) is 4.71. The van der Waals surface area contributed by atoms with Crippen LogP contribution in [0.25, 0.3) is 0 Å². The van der Waals surface area contributed by atoms with E-state index in [9.17, 15) is 0 Å². The molecule has 0 amide bonds. The molecule has 1 unspecified atom stereocenters. The van der Waals surface area contributed by atoms with Gasteiger partial charge in [-0.15, -0.1) is 0 Å². The summed E-state index contributed by atoms with van der Waals surface area (Å²) in [6.07, 6.45) is 3.89. The van der Waals surface area contributed by atoms with Crippen LogP contribution < -0.4 is 5.32 Å².